The smallest absolute Gasteiger partial charge is 0.0758 e. The summed E-state index contributed by atoms with van der Waals surface area (Å²) < 4.78 is 5.84. The molecule has 17 heavy (non-hydrogen) atoms. The van der Waals surface area contributed by atoms with Gasteiger partial charge in [-0.25, -0.2) is 0 Å². The van der Waals surface area contributed by atoms with Crippen molar-refractivity contribution in [2.45, 2.75) is 19.5 Å². The van der Waals surface area contributed by atoms with Crippen LogP contribution in [0.3, 0.4) is 0 Å². The Kier molecular flexibility index (Phi) is 3.36. The molecule has 1 saturated heterocycles. The van der Waals surface area contributed by atoms with Crippen molar-refractivity contribution in [3.63, 3.8) is 0 Å². The molecule has 0 aliphatic carbocycles. The van der Waals surface area contributed by atoms with Crippen LogP contribution in [0.1, 0.15) is 12.6 Å². The van der Waals surface area contributed by atoms with Gasteiger partial charge in [-0.3, -0.25) is 0 Å². The number of aromatic nitrogens is 1. The lowest BCUT2D eigenvalue weighted by molar-refractivity contribution is 0.452. The van der Waals surface area contributed by atoms with Crippen LogP contribution >= 0.6 is 23.3 Å². The number of nitrogens with one attached hydrogen (secondary N) is 1. The molecular weight excluding hydrogens is 248 g/mol. The molecule has 3 rings (SSSR count). The van der Waals surface area contributed by atoms with Crippen LogP contribution in [0, 0.1) is 5.92 Å². The highest BCUT2D eigenvalue weighted by Gasteiger charge is 2.23. The quantitative estimate of drug-likeness (QED) is 0.922. The molecule has 2 heterocycles. The van der Waals surface area contributed by atoms with Gasteiger partial charge in [0.1, 0.15) is 0 Å². The number of fused-ring (bicyclic) bond motifs is 1. The van der Waals surface area contributed by atoms with Gasteiger partial charge in [0.25, 0.3) is 0 Å². The lowest BCUT2D eigenvalue weighted by Gasteiger charge is -2.15. The van der Waals surface area contributed by atoms with E-state index in [1.54, 1.807) is 11.5 Å². The molecule has 2 aromatic rings. The molecule has 1 fully saturated rings. The van der Waals surface area contributed by atoms with Gasteiger partial charge in [0.15, 0.2) is 0 Å². The highest BCUT2D eigenvalue weighted by atomic mass is 32.2. The van der Waals surface area contributed by atoms with E-state index in [2.05, 4.69) is 52.6 Å². The first-order chi connectivity index (χ1) is 8.34. The SMILES string of the molecule is CC1CSCC1NCc1nsc2ccccc12. The first-order valence-corrected chi connectivity index (χ1v) is 7.92. The second-order valence-corrected chi connectivity index (χ2v) is 6.51. The molecule has 0 bridgehead atoms. The van der Waals surface area contributed by atoms with Crippen molar-refractivity contribution in [2.75, 3.05) is 11.5 Å². The summed E-state index contributed by atoms with van der Waals surface area (Å²) in [4.78, 5) is 0. The topological polar surface area (TPSA) is 24.9 Å². The van der Waals surface area contributed by atoms with Crippen LogP contribution < -0.4 is 5.32 Å². The van der Waals surface area contributed by atoms with Gasteiger partial charge in [-0.15, -0.1) is 0 Å². The largest absolute Gasteiger partial charge is 0.307 e. The zero-order chi connectivity index (χ0) is 11.7. The lowest BCUT2D eigenvalue weighted by Crippen LogP contribution is -2.33. The van der Waals surface area contributed by atoms with Crippen LogP contribution in [-0.4, -0.2) is 21.9 Å². The third-order valence-electron chi connectivity index (χ3n) is 3.35. The van der Waals surface area contributed by atoms with E-state index in [1.165, 1.54) is 27.3 Å². The maximum atomic E-state index is 4.55. The average molecular weight is 264 g/mol. The van der Waals surface area contributed by atoms with Gasteiger partial charge in [-0.2, -0.15) is 16.1 Å². The number of thioether (sulfide) groups is 1. The molecule has 1 aliphatic heterocycles. The Morgan fingerprint density at radius 2 is 2.24 bits per heavy atom. The number of nitrogens with zero attached hydrogens (tertiary/aromatic N) is 1. The summed E-state index contributed by atoms with van der Waals surface area (Å²) in [5.41, 5.74) is 1.20. The van der Waals surface area contributed by atoms with Gasteiger partial charge >= 0.3 is 0 Å². The van der Waals surface area contributed by atoms with Crippen molar-refractivity contribution in [1.82, 2.24) is 9.69 Å². The predicted octanol–water partition coefficient (Wildman–Crippen LogP) is 3.14. The Morgan fingerprint density at radius 1 is 1.35 bits per heavy atom. The summed E-state index contributed by atoms with van der Waals surface area (Å²) in [7, 11) is 0. The third-order valence-corrected chi connectivity index (χ3v) is 5.57. The van der Waals surface area contributed by atoms with E-state index in [0.29, 0.717) is 6.04 Å². The minimum absolute atomic E-state index is 0.653. The van der Waals surface area contributed by atoms with Crippen LogP contribution in [0.4, 0.5) is 0 Å². The van der Waals surface area contributed by atoms with Crippen LogP contribution in [0.25, 0.3) is 10.1 Å². The summed E-state index contributed by atoms with van der Waals surface area (Å²) >= 11 is 3.65. The molecule has 90 valence electrons. The van der Waals surface area contributed by atoms with Gasteiger partial charge in [0.2, 0.25) is 0 Å². The van der Waals surface area contributed by atoms with Gasteiger partial charge in [0, 0.05) is 23.7 Å². The Labute approximate surface area is 110 Å². The highest BCUT2D eigenvalue weighted by Crippen LogP contribution is 2.25. The van der Waals surface area contributed by atoms with Crippen LogP contribution in [-0.2, 0) is 6.54 Å². The molecule has 2 unspecified atom stereocenters. The zero-order valence-corrected chi connectivity index (χ0v) is 11.5. The van der Waals surface area contributed by atoms with E-state index in [-0.39, 0.29) is 0 Å². The standard InChI is InChI=1S/C13H16N2S2/c1-9-7-16-8-12(9)14-6-11-10-4-2-3-5-13(10)17-15-11/h2-5,9,12,14H,6-8H2,1H3. The fraction of sp³-hybridized carbons (Fsp3) is 0.462. The van der Waals surface area contributed by atoms with Crippen LogP contribution in [0.2, 0.25) is 0 Å². The first kappa shape index (κ1) is 11.5. The predicted molar refractivity (Wildman–Crippen MR) is 76.7 cm³/mol. The third kappa shape index (κ3) is 2.34. The minimum atomic E-state index is 0.653. The van der Waals surface area contributed by atoms with Crippen molar-refractivity contribution in [1.29, 1.82) is 0 Å². The van der Waals surface area contributed by atoms with E-state index in [1.807, 2.05) is 0 Å². The Morgan fingerprint density at radius 3 is 3.06 bits per heavy atom. The minimum Gasteiger partial charge on any atom is -0.307 e. The monoisotopic (exact) mass is 264 g/mol. The number of benzene rings is 1. The Hall–Kier alpha value is -0.580. The molecule has 2 atom stereocenters. The molecule has 4 heteroatoms. The second kappa shape index (κ2) is 4.96. The molecule has 1 aromatic heterocycles. The van der Waals surface area contributed by atoms with Gasteiger partial charge < -0.3 is 5.32 Å². The summed E-state index contributed by atoms with van der Waals surface area (Å²) in [5, 5.41) is 4.96. The summed E-state index contributed by atoms with van der Waals surface area (Å²) in [6, 6.07) is 9.13. The summed E-state index contributed by atoms with van der Waals surface area (Å²) in [6.07, 6.45) is 0. The fourth-order valence-corrected chi connectivity index (χ4v) is 4.45. The highest BCUT2D eigenvalue weighted by molar-refractivity contribution is 7.99. The van der Waals surface area contributed by atoms with Crippen LogP contribution in [0.15, 0.2) is 24.3 Å². The molecule has 1 N–H and O–H groups in total. The van der Waals surface area contributed by atoms with Gasteiger partial charge in [0.05, 0.1) is 10.4 Å². The van der Waals surface area contributed by atoms with E-state index in [9.17, 15) is 0 Å². The Bertz CT molecular complexity index is 509. The molecule has 0 saturated carbocycles. The Balaban J connectivity index is 1.72. The molecular formula is C13H16N2S2. The molecule has 2 nitrogen and oxygen atoms in total. The molecule has 1 aliphatic rings. The van der Waals surface area contributed by atoms with Crippen molar-refractivity contribution in [3.05, 3.63) is 30.0 Å². The van der Waals surface area contributed by atoms with E-state index in [4.69, 9.17) is 0 Å². The summed E-state index contributed by atoms with van der Waals surface area (Å²) in [5.74, 6) is 3.31. The van der Waals surface area contributed by atoms with E-state index in [0.717, 1.165) is 12.5 Å². The maximum Gasteiger partial charge on any atom is 0.0758 e. The molecule has 0 radical (unpaired) electrons. The van der Waals surface area contributed by atoms with E-state index >= 15 is 0 Å². The second-order valence-electron chi connectivity index (χ2n) is 4.63. The fourth-order valence-electron chi connectivity index (χ4n) is 2.21. The van der Waals surface area contributed by atoms with Gasteiger partial charge in [-0.1, -0.05) is 25.1 Å². The molecule has 1 aromatic carbocycles. The number of hydrogen-bond acceptors (Lipinski definition) is 4. The van der Waals surface area contributed by atoms with Crippen molar-refractivity contribution >= 4 is 33.4 Å². The van der Waals surface area contributed by atoms with E-state index < -0.39 is 0 Å². The average Bonchev–Trinajstić information content (AvgIpc) is 2.93. The van der Waals surface area contributed by atoms with Gasteiger partial charge in [-0.05, 0) is 29.3 Å². The van der Waals surface area contributed by atoms with Crippen molar-refractivity contribution < 1.29 is 0 Å². The number of rotatable bonds is 3. The van der Waals surface area contributed by atoms with Crippen molar-refractivity contribution in [2.24, 2.45) is 5.92 Å². The number of hydrogen-bond donors (Lipinski definition) is 1. The van der Waals surface area contributed by atoms with Crippen molar-refractivity contribution in [3.8, 4) is 0 Å². The summed E-state index contributed by atoms with van der Waals surface area (Å²) in [6.45, 7) is 3.23. The normalized spacial score (nSPS) is 24.5. The molecule has 0 spiro atoms. The first-order valence-electron chi connectivity index (χ1n) is 5.99. The zero-order valence-electron chi connectivity index (χ0n) is 9.85. The molecule has 0 amide bonds. The lowest BCUT2D eigenvalue weighted by atomic mass is 10.1. The van der Waals surface area contributed by atoms with Crippen LogP contribution in [0.5, 0.6) is 0 Å². The maximum absolute atomic E-state index is 4.55.